The van der Waals surface area contributed by atoms with Gasteiger partial charge in [0.1, 0.15) is 10.7 Å². The van der Waals surface area contributed by atoms with Crippen LogP contribution in [0.2, 0.25) is 0 Å². The van der Waals surface area contributed by atoms with E-state index in [2.05, 4.69) is 15.0 Å². The lowest BCUT2D eigenvalue weighted by Crippen LogP contribution is -1.90. The molecule has 0 aliphatic carbocycles. The van der Waals surface area contributed by atoms with Gasteiger partial charge in [-0.25, -0.2) is 8.42 Å². The molecule has 3 aromatic rings. The molecule has 2 aromatic heterocycles. The summed E-state index contributed by atoms with van der Waals surface area (Å²) in [7, 11) is 3.10. The van der Waals surface area contributed by atoms with Crippen LogP contribution in [0.25, 0.3) is 21.1 Å². The molecule has 0 aliphatic rings. The number of hydrogen-bond acceptors (Lipinski definition) is 7. The second-order valence-corrected chi connectivity index (χ2v) is 7.98. The van der Waals surface area contributed by atoms with Crippen molar-refractivity contribution in [1.29, 1.82) is 0 Å². The van der Waals surface area contributed by atoms with Gasteiger partial charge >= 0.3 is 0 Å². The van der Waals surface area contributed by atoms with Crippen molar-refractivity contribution in [2.75, 3.05) is 7.11 Å². The summed E-state index contributed by atoms with van der Waals surface area (Å²) < 4.78 is 27.9. The van der Waals surface area contributed by atoms with Gasteiger partial charge in [-0.3, -0.25) is 9.97 Å². The van der Waals surface area contributed by atoms with Crippen molar-refractivity contribution in [2.24, 2.45) is 0 Å². The van der Waals surface area contributed by atoms with Crippen molar-refractivity contribution in [3.8, 4) is 27.0 Å². The predicted octanol–water partition coefficient (Wildman–Crippen LogP) is 3.20. The van der Waals surface area contributed by atoms with Crippen LogP contribution in [0.1, 0.15) is 0 Å². The van der Waals surface area contributed by atoms with Crippen LogP contribution in [-0.2, 0) is 9.05 Å². The minimum absolute atomic E-state index is 0.0422. The number of halogens is 1. The van der Waals surface area contributed by atoms with Crippen LogP contribution < -0.4 is 4.74 Å². The van der Waals surface area contributed by atoms with Gasteiger partial charge in [0, 0.05) is 23.1 Å². The van der Waals surface area contributed by atoms with Gasteiger partial charge in [-0.15, -0.1) is 11.3 Å². The molecule has 0 fully saturated rings. The van der Waals surface area contributed by atoms with E-state index in [1.54, 1.807) is 30.7 Å². The van der Waals surface area contributed by atoms with E-state index in [4.69, 9.17) is 15.4 Å². The topological polar surface area (TPSA) is 82.0 Å². The first kappa shape index (κ1) is 15.9. The Balaban J connectivity index is 2.04. The van der Waals surface area contributed by atoms with E-state index in [0.717, 1.165) is 10.4 Å². The number of rotatable bonds is 4. The molecule has 0 aliphatic heterocycles. The standard InChI is InChI=1S/C14H10ClN3O3S2/c1-21-13-12(9-2-4-10(5-3-9)23(15,19)20)22-14(18-13)11-8-16-6-7-17-11/h2-8H,1H3. The molecule has 0 unspecified atom stereocenters. The van der Waals surface area contributed by atoms with Crippen molar-refractivity contribution in [1.82, 2.24) is 15.0 Å². The molecule has 0 atom stereocenters. The fourth-order valence-electron chi connectivity index (χ4n) is 1.91. The lowest BCUT2D eigenvalue weighted by atomic mass is 10.2. The SMILES string of the molecule is COc1nc(-c2cnccn2)sc1-c1ccc(S(=O)(=O)Cl)cc1. The molecule has 1 aromatic carbocycles. The van der Waals surface area contributed by atoms with Gasteiger partial charge in [0.2, 0.25) is 5.88 Å². The van der Waals surface area contributed by atoms with Gasteiger partial charge in [0.25, 0.3) is 9.05 Å². The molecule has 0 spiro atoms. The molecule has 0 radical (unpaired) electrons. The Kier molecular flexibility index (Phi) is 4.29. The second-order valence-electron chi connectivity index (χ2n) is 4.41. The summed E-state index contributed by atoms with van der Waals surface area (Å²) >= 11 is 1.38. The van der Waals surface area contributed by atoms with Crippen molar-refractivity contribution in [3.63, 3.8) is 0 Å². The molecule has 6 nitrogen and oxygen atoms in total. The Hall–Kier alpha value is -2.03. The maximum absolute atomic E-state index is 11.3. The summed E-state index contributed by atoms with van der Waals surface area (Å²) in [6, 6.07) is 6.20. The van der Waals surface area contributed by atoms with E-state index < -0.39 is 9.05 Å². The van der Waals surface area contributed by atoms with Crippen molar-refractivity contribution >= 4 is 31.1 Å². The van der Waals surface area contributed by atoms with Crippen molar-refractivity contribution < 1.29 is 13.2 Å². The molecule has 23 heavy (non-hydrogen) atoms. The van der Waals surface area contributed by atoms with Gasteiger partial charge < -0.3 is 4.74 Å². The van der Waals surface area contributed by atoms with Crippen LogP contribution in [-0.4, -0.2) is 30.5 Å². The highest BCUT2D eigenvalue weighted by molar-refractivity contribution is 8.13. The fourth-order valence-corrected chi connectivity index (χ4v) is 3.69. The molecule has 3 rings (SSSR count). The first-order chi connectivity index (χ1) is 11.0. The molecule has 118 valence electrons. The average molecular weight is 368 g/mol. The number of thiazole rings is 1. The highest BCUT2D eigenvalue weighted by Crippen LogP contribution is 2.39. The van der Waals surface area contributed by atoms with Gasteiger partial charge in [-0.1, -0.05) is 12.1 Å². The maximum Gasteiger partial charge on any atom is 0.261 e. The average Bonchev–Trinajstić information content (AvgIpc) is 2.99. The number of nitrogens with zero attached hydrogens (tertiary/aromatic N) is 3. The number of methoxy groups -OCH3 is 1. The monoisotopic (exact) mass is 367 g/mol. The van der Waals surface area contributed by atoms with E-state index in [-0.39, 0.29) is 4.90 Å². The predicted molar refractivity (Wildman–Crippen MR) is 88.2 cm³/mol. The second kappa shape index (κ2) is 6.23. The first-order valence-electron chi connectivity index (χ1n) is 6.35. The van der Waals surface area contributed by atoms with Crippen LogP contribution in [0.15, 0.2) is 47.8 Å². The minimum atomic E-state index is -3.74. The van der Waals surface area contributed by atoms with Crippen molar-refractivity contribution in [3.05, 3.63) is 42.9 Å². The zero-order chi connectivity index (χ0) is 16.4. The molecule has 0 amide bonds. The summed E-state index contributed by atoms with van der Waals surface area (Å²) in [6.07, 6.45) is 4.79. The largest absolute Gasteiger partial charge is 0.480 e. The lowest BCUT2D eigenvalue weighted by molar-refractivity contribution is 0.402. The highest BCUT2D eigenvalue weighted by Gasteiger charge is 2.17. The normalized spacial score (nSPS) is 11.4. The van der Waals surface area contributed by atoms with Crippen molar-refractivity contribution in [2.45, 2.75) is 4.90 Å². The van der Waals surface area contributed by atoms with E-state index in [1.165, 1.54) is 30.6 Å². The summed E-state index contributed by atoms with van der Waals surface area (Å²) in [5.74, 6) is 0.442. The third-order valence-corrected chi connectivity index (χ3v) is 5.45. The summed E-state index contributed by atoms with van der Waals surface area (Å²) in [5, 5.41) is 0.666. The van der Waals surface area contributed by atoms with Gasteiger partial charge in [0.05, 0.1) is 23.1 Å². The van der Waals surface area contributed by atoms with Gasteiger partial charge in [-0.2, -0.15) is 4.98 Å². The Morgan fingerprint density at radius 3 is 2.48 bits per heavy atom. The maximum atomic E-state index is 11.3. The van der Waals surface area contributed by atoms with Gasteiger partial charge in [-0.05, 0) is 17.7 Å². The number of ether oxygens (including phenoxy) is 1. The van der Waals surface area contributed by atoms with Crippen LogP contribution in [0.3, 0.4) is 0 Å². The molecule has 0 N–H and O–H groups in total. The minimum Gasteiger partial charge on any atom is -0.480 e. The lowest BCUT2D eigenvalue weighted by Gasteiger charge is -2.01. The molecule has 2 heterocycles. The molecular weight excluding hydrogens is 358 g/mol. The quantitative estimate of drug-likeness (QED) is 0.658. The van der Waals surface area contributed by atoms with Crippen LogP contribution in [0.5, 0.6) is 5.88 Å². The van der Waals surface area contributed by atoms with E-state index >= 15 is 0 Å². The van der Waals surface area contributed by atoms with E-state index in [9.17, 15) is 8.42 Å². The Morgan fingerprint density at radius 1 is 1.17 bits per heavy atom. The molecule has 0 saturated carbocycles. The molecule has 9 heteroatoms. The Morgan fingerprint density at radius 2 is 1.91 bits per heavy atom. The van der Waals surface area contributed by atoms with Gasteiger partial charge in [0.15, 0.2) is 0 Å². The molecular formula is C14H10ClN3O3S2. The zero-order valence-electron chi connectivity index (χ0n) is 11.8. The first-order valence-corrected chi connectivity index (χ1v) is 9.48. The third-order valence-electron chi connectivity index (χ3n) is 2.97. The fraction of sp³-hybridized carbons (Fsp3) is 0.0714. The molecule has 0 saturated heterocycles. The van der Waals surface area contributed by atoms with Crippen LogP contribution in [0.4, 0.5) is 0 Å². The summed E-state index contributed by atoms with van der Waals surface area (Å²) in [6.45, 7) is 0. The third kappa shape index (κ3) is 3.34. The zero-order valence-corrected chi connectivity index (χ0v) is 14.2. The van der Waals surface area contributed by atoms with E-state index in [0.29, 0.717) is 16.6 Å². The number of benzene rings is 1. The van der Waals surface area contributed by atoms with Crippen LogP contribution in [0, 0.1) is 0 Å². The summed E-state index contributed by atoms with van der Waals surface area (Å²) in [5.41, 5.74) is 1.42. The molecule has 0 bridgehead atoms. The number of hydrogen-bond donors (Lipinski definition) is 0. The smallest absolute Gasteiger partial charge is 0.261 e. The summed E-state index contributed by atoms with van der Waals surface area (Å²) in [4.78, 5) is 13.4. The Bertz CT molecular complexity index is 926. The Labute approximate surface area is 141 Å². The number of aromatic nitrogens is 3. The van der Waals surface area contributed by atoms with E-state index in [1.807, 2.05) is 0 Å². The highest BCUT2D eigenvalue weighted by atomic mass is 35.7. The van der Waals surface area contributed by atoms with Crippen LogP contribution >= 0.6 is 22.0 Å².